The molecule has 8 nitrogen and oxygen atoms in total. The number of anilines is 1. The summed E-state index contributed by atoms with van der Waals surface area (Å²) in [5.41, 5.74) is 4.99. The molecule has 0 atom stereocenters. The number of nitro groups is 2. The molecule has 4 aromatic carbocycles. The molecule has 0 unspecified atom stereocenters. The lowest BCUT2D eigenvalue weighted by molar-refractivity contribution is -0.393. The second-order valence-electron chi connectivity index (χ2n) is 7.76. The molecule has 0 spiro atoms. The van der Waals surface area contributed by atoms with Gasteiger partial charge in [0.05, 0.1) is 21.6 Å². The van der Waals surface area contributed by atoms with Crippen molar-refractivity contribution in [1.82, 2.24) is 0 Å². The predicted molar refractivity (Wildman–Crippen MR) is 129 cm³/mol. The zero-order valence-electron chi connectivity index (χ0n) is 18.3. The average Bonchev–Trinajstić information content (AvgIpc) is 2.82. The van der Waals surface area contributed by atoms with Gasteiger partial charge in [-0.05, 0) is 43.0 Å². The van der Waals surface area contributed by atoms with Crippen molar-refractivity contribution in [1.29, 1.82) is 0 Å². The molecule has 0 saturated heterocycles. The molecule has 9 heteroatoms. The molecule has 0 aliphatic heterocycles. The molecule has 0 aliphatic carbocycles. The monoisotopic (exact) mass is 458 g/mol. The first-order valence-electron chi connectivity index (χ1n) is 10.3. The maximum Gasteiger partial charge on any atom is 0.301 e. The average molecular weight is 458 g/mol. The Morgan fingerprint density at radius 1 is 0.882 bits per heavy atom. The fraction of sp³-hybridized carbons (Fsp3) is 0.0800. The normalized spacial score (nSPS) is 11.4. The summed E-state index contributed by atoms with van der Waals surface area (Å²) in [5.74, 6) is -0.332. The van der Waals surface area contributed by atoms with Crippen LogP contribution < -0.4 is 5.43 Å². The standard InChI is InChI=1S/C25H19FN4O4/c1-15-6-5-7-17(12-15)25(21-13-16(2)24(26)20-9-4-3-8-19(20)21)28-27-22-11-10-18(29(31)32)14-23(22)30(33)34/h3-14,27H,1-2H3/b28-25+. The number of nitro benzene ring substituents is 2. The summed E-state index contributed by atoms with van der Waals surface area (Å²) in [6.07, 6.45) is 0. The number of hydrazone groups is 1. The molecule has 0 fully saturated rings. The number of fused-ring (bicyclic) bond motifs is 1. The number of nitrogens with one attached hydrogen (secondary N) is 1. The first-order chi connectivity index (χ1) is 16.3. The van der Waals surface area contributed by atoms with Gasteiger partial charge in [0.25, 0.3) is 5.69 Å². The van der Waals surface area contributed by atoms with Gasteiger partial charge in [-0.3, -0.25) is 25.7 Å². The van der Waals surface area contributed by atoms with E-state index in [-0.39, 0.29) is 11.5 Å². The third kappa shape index (κ3) is 4.31. The van der Waals surface area contributed by atoms with Crippen molar-refractivity contribution in [2.24, 2.45) is 5.10 Å². The molecule has 0 saturated carbocycles. The van der Waals surface area contributed by atoms with Crippen LogP contribution in [-0.2, 0) is 0 Å². The molecular formula is C25H19FN4O4. The second-order valence-corrected chi connectivity index (χ2v) is 7.76. The Balaban J connectivity index is 1.92. The van der Waals surface area contributed by atoms with Crippen molar-refractivity contribution in [2.75, 3.05) is 5.43 Å². The predicted octanol–water partition coefficient (Wildman–Crippen LogP) is 6.28. The highest BCUT2D eigenvalue weighted by atomic mass is 19.1. The Bertz CT molecular complexity index is 1480. The SMILES string of the molecule is Cc1cccc(/C(=N\Nc2ccc([N+](=O)[O-])cc2[N+](=O)[O-])c2cc(C)c(F)c3ccccc23)c1. The largest absolute Gasteiger partial charge is 0.301 e. The molecule has 0 aliphatic rings. The van der Waals surface area contributed by atoms with Gasteiger partial charge in [-0.15, -0.1) is 0 Å². The summed E-state index contributed by atoms with van der Waals surface area (Å²) < 4.78 is 14.8. The smallest absolute Gasteiger partial charge is 0.271 e. The van der Waals surface area contributed by atoms with Crippen molar-refractivity contribution >= 4 is 33.5 Å². The van der Waals surface area contributed by atoms with Gasteiger partial charge in [0.1, 0.15) is 11.5 Å². The molecule has 1 N–H and O–H groups in total. The highest BCUT2D eigenvalue weighted by molar-refractivity contribution is 6.20. The molecule has 0 aromatic heterocycles. The quantitative estimate of drug-likeness (QED) is 0.208. The number of aryl methyl sites for hydroxylation is 2. The number of benzene rings is 4. The lowest BCUT2D eigenvalue weighted by Crippen LogP contribution is -2.09. The Labute approximate surface area is 193 Å². The minimum absolute atomic E-state index is 0.0103. The molecular weight excluding hydrogens is 439 g/mol. The summed E-state index contributed by atoms with van der Waals surface area (Å²) in [6, 6.07) is 19.5. The topological polar surface area (TPSA) is 111 Å². The van der Waals surface area contributed by atoms with Crippen molar-refractivity contribution in [3.8, 4) is 0 Å². The number of hydrogen-bond acceptors (Lipinski definition) is 6. The van der Waals surface area contributed by atoms with Crippen molar-refractivity contribution in [3.63, 3.8) is 0 Å². The molecule has 0 heterocycles. The van der Waals surface area contributed by atoms with Crippen molar-refractivity contribution in [3.05, 3.63) is 121 Å². The zero-order valence-corrected chi connectivity index (χ0v) is 18.3. The van der Waals surface area contributed by atoms with Gasteiger partial charge in [-0.1, -0.05) is 48.0 Å². The van der Waals surface area contributed by atoms with E-state index in [9.17, 15) is 24.6 Å². The summed E-state index contributed by atoms with van der Waals surface area (Å²) in [6.45, 7) is 3.58. The summed E-state index contributed by atoms with van der Waals surface area (Å²) >= 11 is 0. The van der Waals surface area contributed by atoms with Gasteiger partial charge >= 0.3 is 5.69 Å². The Morgan fingerprint density at radius 3 is 2.29 bits per heavy atom. The summed E-state index contributed by atoms with van der Waals surface area (Å²) in [7, 11) is 0. The Morgan fingerprint density at radius 2 is 1.62 bits per heavy atom. The minimum Gasteiger partial charge on any atom is -0.271 e. The van der Waals surface area contributed by atoms with E-state index < -0.39 is 21.2 Å². The Kier molecular flexibility index (Phi) is 6.01. The molecule has 4 aromatic rings. The van der Waals surface area contributed by atoms with Crippen LogP contribution in [0.25, 0.3) is 10.8 Å². The number of rotatable bonds is 6. The van der Waals surface area contributed by atoms with Gasteiger partial charge in [0.2, 0.25) is 0 Å². The van der Waals surface area contributed by atoms with Crippen LogP contribution in [0.2, 0.25) is 0 Å². The van der Waals surface area contributed by atoms with Crippen LogP contribution in [0.1, 0.15) is 22.3 Å². The zero-order chi connectivity index (χ0) is 24.4. The fourth-order valence-corrected chi connectivity index (χ4v) is 3.74. The molecule has 0 bridgehead atoms. The van der Waals surface area contributed by atoms with Crippen LogP contribution in [0.15, 0.2) is 77.9 Å². The molecule has 170 valence electrons. The van der Waals surface area contributed by atoms with Gasteiger partial charge in [0.15, 0.2) is 0 Å². The van der Waals surface area contributed by atoms with E-state index >= 15 is 0 Å². The third-order valence-corrected chi connectivity index (χ3v) is 5.38. The lowest BCUT2D eigenvalue weighted by atomic mass is 9.93. The first-order valence-corrected chi connectivity index (χ1v) is 10.3. The van der Waals surface area contributed by atoms with Crippen molar-refractivity contribution < 1.29 is 14.2 Å². The van der Waals surface area contributed by atoms with E-state index in [2.05, 4.69) is 10.5 Å². The Hall–Kier alpha value is -4.66. The second kappa shape index (κ2) is 9.07. The van der Waals surface area contributed by atoms with Gasteiger partial charge in [-0.2, -0.15) is 5.10 Å². The van der Waals surface area contributed by atoms with Crippen LogP contribution >= 0.6 is 0 Å². The first kappa shape index (κ1) is 22.5. The molecule has 34 heavy (non-hydrogen) atoms. The molecule has 4 rings (SSSR count). The number of nitrogens with zero attached hydrogens (tertiary/aromatic N) is 3. The van der Waals surface area contributed by atoms with E-state index in [0.717, 1.165) is 17.7 Å². The van der Waals surface area contributed by atoms with E-state index in [1.54, 1.807) is 37.3 Å². The fourth-order valence-electron chi connectivity index (χ4n) is 3.74. The number of non-ortho nitro benzene ring substituents is 1. The van der Waals surface area contributed by atoms with E-state index in [1.807, 2.05) is 31.2 Å². The van der Waals surface area contributed by atoms with Crippen LogP contribution in [0.4, 0.5) is 21.5 Å². The highest BCUT2D eigenvalue weighted by Gasteiger charge is 2.20. The van der Waals surface area contributed by atoms with E-state index in [0.29, 0.717) is 33.2 Å². The van der Waals surface area contributed by atoms with Crippen LogP contribution in [0, 0.1) is 39.9 Å². The van der Waals surface area contributed by atoms with Crippen LogP contribution in [0.3, 0.4) is 0 Å². The van der Waals surface area contributed by atoms with E-state index in [4.69, 9.17) is 0 Å². The van der Waals surface area contributed by atoms with Crippen LogP contribution in [-0.4, -0.2) is 15.6 Å². The minimum atomic E-state index is -0.714. The number of halogens is 1. The number of hydrogen-bond donors (Lipinski definition) is 1. The van der Waals surface area contributed by atoms with E-state index in [1.165, 1.54) is 6.07 Å². The van der Waals surface area contributed by atoms with Crippen LogP contribution in [0.5, 0.6) is 0 Å². The molecule has 0 radical (unpaired) electrons. The maximum absolute atomic E-state index is 14.8. The van der Waals surface area contributed by atoms with Gasteiger partial charge in [-0.25, -0.2) is 4.39 Å². The highest BCUT2D eigenvalue weighted by Crippen LogP contribution is 2.31. The van der Waals surface area contributed by atoms with Crippen molar-refractivity contribution in [2.45, 2.75) is 13.8 Å². The third-order valence-electron chi connectivity index (χ3n) is 5.38. The summed E-state index contributed by atoms with van der Waals surface area (Å²) in [5, 5.41) is 28.1. The van der Waals surface area contributed by atoms with Gasteiger partial charge < -0.3 is 0 Å². The van der Waals surface area contributed by atoms with Gasteiger partial charge in [0, 0.05) is 22.6 Å². The molecule has 0 amide bonds. The lowest BCUT2D eigenvalue weighted by Gasteiger charge is -2.14. The summed E-state index contributed by atoms with van der Waals surface area (Å²) in [4.78, 5) is 21.2. The maximum atomic E-state index is 14.8.